The van der Waals surface area contributed by atoms with Crippen molar-refractivity contribution in [2.24, 2.45) is 0 Å². The molecule has 2 atom stereocenters. The molecule has 180 valence electrons. The van der Waals surface area contributed by atoms with Gasteiger partial charge < -0.3 is 10.2 Å². The zero-order chi connectivity index (χ0) is 24.8. The summed E-state index contributed by atoms with van der Waals surface area (Å²) in [6.07, 6.45) is 1.83. The van der Waals surface area contributed by atoms with Crippen molar-refractivity contribution < 1.29 is 18.0 Å². The summed E-state index contributed by atoms with van der Waals surface area (Å²) in [5, 5.41) is 2.91. The number of carbonyl (C=O) groups excluding carboxylic acids is 2. The third-order valence-electron chi connectivity index (χ3n) is 5.47. The van der Waals surface area contributed by atoms with Gasteiger partial charge in [-0.3, -0.25) is 13.9 Å². The maximum Gasteiger partial charge on any atom is 0.244 e. The van der Waals surface area contributed by atoms with Crippen LogP contribution >= 0.6 is 15.9 Å². The molecule has 0 saturated heterocycles. The van der Waals surface area contributed by atoms with Crippen molar-refractivity contribution in [2.45, 2.75) is 52.7 Å². The van der Waals surface area contributed by atoms with E-state index in [1.165, 1.54) is 4.90 Å². The number of nitrogens with zero attached hydrogens (tertiary/aromatic N) is 2. The fraction of sp³-hybridized carbons (Fsp3) is 0.417. The number of nitrogens with one attached hydrogen (secondary N) is 1. The third kappa shape index (κ3) is 7.57. The van der Waals surface area contributed by atoms with Gasteiger partial charge in [0.15, 0.2) is 0 Å². The maximum atomic E-state index is 13.5. The number of halogens is 1. The second-order valence-electron chi connectivity index (χ2n) is 8.20. The van der Waals surface area contributed by atoms with Gasteiger partial charge in [0.1, 0.15) is 12.6 Å². The summed E-state index contributed by atoms with van der Waals surface area (Å²) in [4.78, 5) is 27.7. The molecule has 0 unspecified atom stereocenters. The Kier molecular flexibility index (Phi) is 9.48. The number of hydrogen-bond acceptors (Lipinski definition) is 4. The number of aryl methyl sites for hydroxylation is 1. The van der Waals surface area contributed by atoms with E-state index in [1.807, 2.05) is 51.1 Å². The quantitative estimate of drug-likeness (QED) is 0.498. The lowest BCUT2D eigenvalue weighted by molar-refractivity contribution is -0.139. The van der Waals surface area contributed by atoms with Crippen LogP contribution in [0.15, 0.2) is 53.0 Å². The van der Waals surface area contributed by atoms with E-state index in [9.17, 15) is 18.0 Å². The Morgan fingerprint density at radius 1 is 1.09 bits per heavy atom. The van der Waals surface area contributed by atoms with Crippen molar-refractivity contribution in [1.29, 1.82) is 0 Å². The molecule has 0 aliphatic rings. The Bertz CT molecular complexity index is 1080. The summed E-state index contributed by atoms with van der Waals surface area (Å²) in [6.45, 7) is 7.15. The van der Waals surface area contributed by atoms with Crippen molar-refractivity contribution in [3.63, 3.8) is 0 Å². The Labute approximate surface area is 205 Å². The summed E-state index contributed by atoms with van der Waals surface area (Å²) in [7, 11) is -3.75. The lowest BCUT2D eigenvalue weighted by atomic mass is 10.1. The lowest BCUT2D eigenvalue weighted by Crippen LogP contribution is -2.52. The molecule has 2 aromatic carbocycles. The SMILES string of the molecule is CC[C@H](C)NC(=O)[C@H](C)N(Cc1ccccc1)C(=O)CN(c1ccc(Br)c(C)c1)S(C)(=O)=O. The maximum absolute atomic E-state index is 13.5. The van der Waals surface area contributed by atoms with Crippen LogP contribution in [0.3, 0.4) is 0 Å². The molecule has 2 aromatic rings. The first-order valence-corrected chi connectivity index (χ1v) is 13.5. The number of sulfonamides is 1. The molecule has 0 heterocycles. The highest BCUT2D eigenvalue weighted by Crippen LogP contribution is 2.25. The number of rotatable bonds is 10. The fourth-order valence-electron chi connectivity index (χ4n) is 3.23. The van der Waals surface area contributed by atoms with Crippen LogP contribution in [0.25, 0.3) is 0 Å². The molecule has 0 aliphatic heterocycles. The summed E-state index contributed by atoms with van der Waals surface area (Å²) < 4.78 is 27.1. The second kappa shape index (κ2) is 11.7. The average Bonchev–Trinajstić information content (AvgIpc) is 2.76. The molecule has 7 nitrogen and oxygen atoms in total. The van der Waals surface area contributed by atoms with Crippen LogP contribution < -0.4 is 9.62 Å². The molecule has 33 heavy (non-hydrogen) atoms. The van der Waals surface area contributed by atoms with Gasteiger partial charge in [-0.15, -0.1) is 0 Å². The lowest BCUT2D eigenvalue weighted by Gasteiger charge is -2.32. The standard InChI is InChI=1S/C24H32BrN3O4S/c1-6-18(3)26-24(30)19(4)27(15-20-10-8-7-9-11-20)23(29)16-28(33(5,31)32)21-12-13-22(25)17(2)14-21/h7-14,18-19H,6,15-16H2,1-5H3,(H,26,30)/t18-,19-/m0/s1. The van der Waals surface area contributed by atoms with Crippen LogP contribution in [-0.4, -0.2) is 50.0 Å². The first kappa shape index (κ1) is 26.9. The van der Waals surface area contributed by atoms with E-state index in [2.05, 4.69) is 21.2 Å². The minimum absolute atomic E-state index is 0.0353. The van der Waals surface area contributed by atoms with Gasteiger partial charge in [-0.1, -0.05) is 53.2 Å². The Morgan fingerprint density at radius 3 is 2.27 bits per heavy atom. The molecular weight excluding hydrogens is 506 g/mol. The molecular formula is C24H32BrN3O4S. The summed E-state index contributed by atoms with van der Waals surface area (Å²) in [6, 6.07) is 13.6. The molecule has 0 aromatic heterocycles. The Balaban J connectivity index is 2.38. The van der Waals surface area contributed by atoms with Crippen molar-refractivity contribution in [1.82, 2.24) is 10.2 Å². The van der Waals surface area contributed by atoms with Gasteiger partial charge in [0.25, 0.3) is 0 Å². The summed E-state index contributed by atoms with van der Waals surface area (Å²) in [5.41, 5.74) is 2.08. The number of carbonyl (C=O) groups is 2. The molecule has 2 amide bonds. The zero-order valence-electron chi connectivity index (χ0n) is 19.7. The predicted molar refractivity (Wildman–Crippen MR) is 135 cm³/mol. The van der Waals surface area contributed by atoms with Gasteiger partial charge in [-0.05, 0) is 56.5 Å². The molecule has 0 aliphatic carbocycles. The van der Waals surface area contributed by atoms with E-state index in [4.69, 9.17) is 0 Å². The van der Waals surface area contributed by atoms with Crippen molar-refractivity contribution >= 4 is 43.5 Å². The van der Waals surface area contributed by atoms with Crippen molar-refractivity contribution in [3.05, 3.63) is 64.1 Å². The van der Waals surface area contributed by atoms with Gasteiger partial charge in [-0.25, -0.2) is 8.42 Å². The molecule has 0 radical (unpaired) electrons. The molecule has 0 bridgehead atoms. The van der Waals surface area contributed by atoms with Gasteiger partial charge >= 0.3 is 0 Å². The number of anilines is 1. The first-order valence-electron chi connectivity index (χ1n) is 10.8. The topological polar surface area (TPSA) is 86.8 Å². The fourth-order valence-corrected chi connectivity index (χ4v) is 4.31. The molecule has 0 spiro atoms. The predicted octanol–water partition coefficient (Wildman–Crippen LogP) is 3.86. The summed E-state index contributed by atoms with van der Waals surface area (Å²) in [5.74, 6) is -0.740. The molecule has 2 rings (SSSR count). The third-order valence-corrected chi connectivity index (χ3v) is 7.50. The second-order valence-corrected chi connectivity index (χ2v) is 11.0. The van der Waals surface area contributed by atoms with E-state index in [1.54, 1.807) is 25.1 Å². The van der Waals surface area contributed by atoms with Crippen LogP contribution in [-0.2, 0) is 26.2 Å². The van der Waals surface area contributed by atoms with Crippen LogP contribution in [0.2, 0.25) is 0 Å². The normalized spacial score (nSPS) is 13.2. The van der Waals surface area contributed by atoms with Crippen molar-refractivity contribution in [3.8, 4) is 0 Å². The summed E-state index contributed by atoms with van der Waals surface area (Å²) >= 11 is 3.41. The van der Waals surface area contributed by atoms with E-state index < -0.39 is 28.5 Å². The minimum atomic E-state index is -3.75. The average molecular weight is 539 g/mol. The van der Waals surface area contributed by atoms with E-state index in [0.717, 1.165) is 32.6 Å². The molecule has 9 heteroatoms. The highest BCUT2D eigenvalue weighted by Gasteiger charge is 2.30. The minimum Gasteiger partial charge on any atom is -0.352 e. The molecule has 0 fully saturated rings. The number of benzene rings is 2. The van der Waals surface area contributed by atoms with E-state index in [-0.39, 0.29) is 18.5 Å². The van der Waals surface area contributed by atoms with Crippen LogP contribution in [0, 0.1) is 6.92 Å². The van der Waals surface area contributed by atoms with Crippen LogP contribution in [0.1, 0.15) is 38.3 Å². The monoisotopic (exact) mass is 537 g/mol. The largest absolute Gasteiger partial charge is 0.352 e. The first-order chi connectivity index (χ1) is 15.4. The highest BCUT2D eigenvalue weighted by atomic mass is 79.9. The van der Waals surface area contributed by atoms with Gasteiger partial charge in [0.2, 0.25) is 21.8 Å². The number of amides is 2. The number of hydrogen-bond donors (Lipinski definition) is 1. The Hall–Kier alpha value is -2.39. The molecule has 1 N–H and O–H groups in total. The van der Waals surface area contributed by atoms with Crippen LogP contribution in [0.5, 0.6) is 0 Å². The smallest absolute Gasteiger partial charge is 0.244 e. The molecule has 0 saturated carbocycles. The van der Waals surface area contributed by atoms with E-state index >= 15 is 0 Å². The Morgan fingerprint density at radius 2 is 1.73 bits per heavy atom. The van der Waals surface area contributed by atoms with Crippen molar-refractivity contribution in [2.75, 3.05) is 17.1 Å². The zero-order valence-corrected chi connectivity index (χ0v) is 22.1. The van der Waals surface area contributed by atoms with Crippen LogP contribution in [0.4, 0.5) is 5.69 Å². The van der Waals surface area contributed by atoms with E-state index in [0.29, 0.717) is 5.69 Å². The van der Waals surface area contributed by atoms with Gasteiger partial charge in [0, 0.05) is 17.1 Å². The van der Waals surface area contributed by atoms with Gasteiger partial charge in [0.05, 0.1) is 11.9 Å². The van der Waals surface area contributed by atoms with Gasteiger partial charge in [-0.2, -0.15) is 0 Å². The highest BCUT2D eigenvalue weighted by molar-refractivity contribution is 9.10.